The van der Waals surface area contributed by atoms with Crippen LogP contribution in [0.2, 0.25) is 0 Å². The maximum absolute atomic E-state index is 11.3. The normalized spacial score (nSPS) is 10.5. The standard InChI is InChI=1S/C12H17BrN2O3/c1-15(2)14-12(16)8-18-7-9-4-5-11(17-3)10(13)6-9/h4-6H,7-8H2,1-3H3,(H,14,16). The fourth-order valence-electron chi connectivity index (χ4n) is 1.34. The number of hydrazine groups is 1. The van der Waals surface area contributed by atoms with Crippen molar-refractivity contribution in [3.05, 3.63) is 28.2 Å². The van der Waals surface area contributed by atoms with Gasteiger partial charge in [-0.2, -0.15) is 0 Å². The number of methoxy groups -OCH3 is 1. The van der Waals surface area contributed by atoms with E-state index in [4.69, 9.17) is 9.47 Å². The van der Waals surface area contributed by atoms with Gasteiger partial charge in [0.15, 0.2) is 0 Å². The van der Waals surface area contributed by atoms with Gasteiger partial charge in [0.25, 0.3) is 5.91 Å². The molecule has 18 heavy (non-hydrogen) atoms. The van der Waals surface area contributed by atoms with Crippen LogP contribution in [0, 0.1) is 0 Å². The van der Waals surface area contributed by atoms with Gasteiger partial charge in [0.05, 0.1) is 18.2 Å². The van der Waals surface area contributed by atoms with E-state index in [9.17, 15) is 4.79 Å². The predicted octanol–water partition coefficient (Wildman–Crippen LogP) is 1.57. The highest BCUT2D eigenvalue weighted by atomic mass is 79.9. The van der Waals surface area contributed by atoms with Crippen molar-refractivity contribution in [1.29, 1.82) is 0 Å². The zero-order valence-corrected chi connectivity index (χ0v) is 12.3. The van der Waals surface area contributed by atoms with Crippen LogP contribution in [-0.2, 0) is 16.1 Å². The first-order valence-electron chi connectivity index (χ1n) is 5.40. The molecule has 100 valence electrons. The van der Waals surface area contributed by atoms with Crippen LogP contribution < -0.4 is 10.2 Å². The van der Waals surface area contributed by atoms with Gasteiger partial charge < -0.3 is 9.47 Å². The first-order chi connectivity index (χ1) is 8.52. The van der Waals surface area contributed by atoms with Crippen LogP contribution >= 0.6 is 15.9 Å². The number of nitrogens with one attached hydrogen (secondary N) is 1. The van der Waals surface area contributed by atoms with Crippen molar-refractivity contribution >= 4 is 21.8 Å². The molecule has 1 aromatic rings. The second-order valence-electron chi connectivity index (χ2n) is 3.89. The van der Waals surface area contributed by atoms with Crippen LogP contribution in [0.15, 0.2) is 22.7 Å². The zero-order chi connectivity index (χ0) is 13.5. The number of hydrogen-bond donors (Lipinski definition) is 1. The van der Waals surface area contributed by atoms with Crippen molar-refractivity contribution in [3.63, 3.8) is 0 Å². The third kappa shape index (κ3) is 5.03. The van der Waals surface area contributed by atoms with Crippen molar-refractivity contribution in [2.24, 2.45) is 0 Å². The maximum Gasteiger partial charge on any atom is 0.260 e. The molecule has 0 spiro atoms. The Balaban J connectivity index is 2.40. The lowest BCUT2D eigenvalue weighted by molar-refractivity contribution is -0.129. The molecule has 5 nitrogen and oxygen atoms in total. The van der Waals surface area contributed by atoms with Gasteiger partial charge in [0.2, 0.25) is 0 Å². The van der Waals surface area contributed by atoms with Gasteiger partial charge in [-0.15, -0.1) is 0 Å². The van der Waals surface area contributed by atoms with Crippen LogP contribution in [-0.4, -0.2) is 38.7 Å². The highest BCUT2D eigenvalue weighted by Crippen LogP contribution is 2.25. The molecular weight excluding hydrogens is 300 g/mol. The molecule has 0 aromatic heterocycles. The first-order valence-corrected chi connectivity index (χ1v) is 6.19. The van der Waals surface area contributed by atoms with Gasteiger partial charge in [0, 0.05) is 14.1 Å². The summed E-state index contributed by atoms with van der Waals surface area (Å²) < 4.78 is 11.3. The zero-order valence-electron chi connectivity index (χ0n) is 10.7. The van der Waals surface area contributed by atoms with Gasteiger partial charge in [-0.05, 0) is 33.6 Å². The topological polar surface area (TPSA) is 50.8 Å². The summed E-state index contributed by atoms with van der Waals surface area (Å²) >= 11 is 3.39. The Morgan fingerprint density at radius 1 is 1.44 bits per heavy atom. The third-order valence-electron chi connectivity index (χ3n) is 2.07. The van der Waals surface area contributed by atoms with Gasteiger partial charge in [-0.1, -0.05) is 6.07 Å². The molecule has 6 heteroatoms. The number of carbonyl (C=O) groups excluding carboxylic acids is 1. The lowest BCUT2D eigenvalue weighted by Crippen LogP contribution is -2.38. The molecule has 1 rings (SSSR count). The molecule has 1 aromatic carbocycles. The summed E-state index contributed by atoms with van der Waals surface area (Å²) in [7, 11) is 5.11. The van der Waals surface area contributed by atoms with Crippen molar-refractivity contribution < 1.29 is 14.3 Å². The summed E-state index contributed by atoms with van der Waals surface area (Å²) in [6.45, 7) is 0.408. The number of amides is 1. The molecule has 0 heterocycles. The van der Waals surface area contributed by atoms with Gasteiger partial charge in [-0.3, -0.25) is 10.2 Å². The number of ether oxygens (including phenoxy) is 2. The Bertz CT molecular complexity index is 410. The minimum absolute atomic E-state index is 0.0296. The van der Waals surface area contributed by atoms with Crippen LogP contribution in [0.1, 0.15) is 5.56 Å². The second kappa shape index (κ2) is 7.35. The molecular formula is C12H17BrN2O3. The number of halogens is 1. The Kier molecular flexibility index (Phi) is 6.11. The lowest BCUT2D eigenvalue weighted by Gasteiger charge is -2.12. The first kappa shape index (κ1) is 14.9. The van der Waals surface area contributed by atoms with E-state index in [-0.39, 0.29) is 12.5 Å². The Morgan fingerprint density at radius 3 is 2.72 bits per heavy atom. The minimum atomic E-state index is -0.174. The quantitative estimate of drug-likeness (QED) is 0.809. The van der Waals surface area contributed by atoms with E-state index in [2.05, 4.69) is 21.4 Å². The van der Waals surface area contributed by atoms with Crippen molar-refractivity contribution in [3.8, 4) is 5.75 Å². The van der Waals surface area contributed by atoms with E-state index in [1.807, 2.05) is 18.2 Å². The Labute approximate surface area is 115 Å². The number of nitrogens with zero attached hydrogens (tertiary/aromatic N) is 1. The van der Waals surface area contributed by atoms with Crippen LogP contribution in [0.3, 0.4) is 0 Å². The molecule has 1 amide bonds. The number of carbonyl (C=O) groups is 1. The van der Waals surface area contributed by atoms with E-state index in [0.29, 0.717) is 6.61 Å². The van der Waals surface area contributed by atoms with E-state index in [0.717, 1.165) is 15.8 Å². The largest absolute Gasteiger partial charge is 0.496 e. The molecule has 0 aliphatic heterocycles. The van der Waals surface area contributed by atoms with Crippen LogP contribution in [0.5, 0.6) is 5.75 Å². The summed E-state index contributed by atoms with van der Waals surface area (Å²) in [5.74, 6) is 0.594. The average molecular weight is 317 g/mol. The average Bonchev–Trinajstić information content (AvgIpc) is 2.28. The molecule has 0 aliphatic carbocycles. The molecule has 0 fully saturated rings. The summed E-state index contributed by atoms with van der Waals surface area (Å²) in [6.07, 6.45) is 0. The number of hydrogen-bond acceptors (Lipinski definition) is 4. The number of rotatable bonds is 6. The lowest BCUT2D eigenvalue weighted by atomic mass is 10.2. The SMILES string of the molecule is COc1ccc(COCC(=O)NN(C)C)cc1Br. The van der Waals surface area contributed by atoms with Gasteiger partial charge in [-0.25, -0.2) is 5.01 Å². The van der Waals surface area contributed by atoms with Crippen LogP contribution in [0.25, 0.3) is 0 Å². The molecule has 0 bridgehead atoms. The molecule has 0 aliphatic rings. The highest BCUT2D eigenvalue weighted by Gasteiger charge is 2.04. The molecule has 0 unspecified atom stereocenters. The maximum atomic E-state index is 11.3. The van der Waals surface area contributed by atoms with E-state index >= 15 is 0 Å². The highest BCUT2D eigenvalue weighted by molar-refractivity contribution is 9.10. The monoisotopic (exact) mass is 316 g/mol. The van der Waals surface area contributed by atoms with E-state index < -0.39 is 0 Å². The van der Waals surface area contributed by atoms with Gasteiger partial charge >= 0.3 is 0 Å². The molecule has 1 N–H and O–H groups in total. The fraction of sp³-hybridized carbons (Fsp3) is 0.417. The molecule has 0 saturated carbocycles. The fourth-order valence-corrected chi connectivity index (χ4v) is 1.93. The minimum Gasteiger partial charge on any atom is -0.496 e. The second-order valence-corrected chi connectivity index (χ2v) is 4.75. The number of benzene rings is 1. The van der Waals surface area contributed by atoms with Gasteiger partial charge in [0.1, 0.15) is 12.4 Å². The molecule has 0 atom stereocenters. The van der Waals surface area contributed by atoms with Crippen molar-refractivity contribution in [1.82, 2.24) is 10.4 Å². The predicted molar refractivity (Wildman–Crippen MR) is 72.2 cm³/mol. The molecule has 0 saturated heterocycles. The summed E-state index contributed by atoms with van der Waals surface area (Å²) in [5.41, 5.74) is 3.57. The third-order valence-corrected chi connectivity index (χ3v) is 2.69. The Morgan fingerprint density at radius 2 is 2.17 bits per heavy atom. The van der Waals surface area contributed by atoms with Crippen molar-refractivity contribution in [2.45, 2.75) is 6.61 Å². The van der Waals surface area contributed by atoms with Crippen LogP contribution in [0.4, 0.5) is 0 Å². The molecule has 0 radical (unpaired) electrons. The smallest absolute Gasteiger partial charge is 0.260 e. The van der Waals surface area contributed by atoms with E-state index in [1.165, 1.54) is 0 Å². The van der Waals surface area contributed by atoms with E-state index in [1.54, 1.807) is 26.2 Å². The van der Waals surface area contributed by atoms with Crippen molar-refractivity contribution in [2.75, 3.05) is 27.8 Å². The summed E-state index contributed by atoms with van der Waals surface area (Å²) in [5, 5.41) is 1.58. The Hall–Kier alpha value is -1.11. The summed E-state index contributed by atoms with van der Waals surface area (Å²) in [6, 6.07) is 5.65. The summed E-state index contributed by atoms with van der Waals surface area (Å²) in [4.78, 5) is 11.3.